The first-order valence-electron chi connectivity index (χ1n) is 9.65. The SMILES string of the molecule is Cc1cc(Br)c(OCc2ccc(C(=O)OCC(=O)c3ccc(OC(F)F)cc3)cc2)c(Br)c1. The van der Waals surface area contributed by atoms with Gasteiger partial charge < -0.3 is 14.2 Å². The number of benzene rings is 3. The van der Waals surface area contributed by atoms with Crippen LogP contribution in [0.4, 0.5) is 8.78 Å². The number of carbonyl (C=O) groups is 2. The molecule has 33 heavy (non-hydrogen) atoms. The second-order valence-electron chi connectivity index (χ2n) is 6.95. The summed E-state index contributed by atoms with van der Waals surface area (Å²) < 4.78 is 41.2. The highest BCUT2D eigenvalue weighted by molar-refractivity contribution is 9.11. The maximum atomic E-state index is 12.2. The molecule has 0 saturated carbocycles. The topological polar surface area (TPSA) is 61.8 Å². The molecule has 9 heteroatoms. The Morgan fingerprint density at radius 3 is 2.06 bits per heavy atom. The third-order valence-electron chi connectivity index (χ3n) is 4.45. The third-order valence-corrected chi connectivity index (χ3v) is 5.63. The molecule has 5 nitrogen and oxygen atoms in total. The molecular weight excluding hydrogens is 566 g/mol. The van der Waals surface area contributed by atoms with E-state index >= 15 is 0 Å². The Balaban J connectivity index is 1.52. The summed E-state index contributed by atoms with van der Waals surface area (Å²) in [4.78, 5) is 24.4. The van der Waals surface area contributed by atoms with E-state index in [2.05, 4.69) is 36.6 Å². The highest BCUT2D eigenvalue weighted by Crippen LogP contribution is 2.35. The smallest absolute Gasteiger partial charge is 0.387 e. The van der Waals surface area contributed by atoms with Crippen LogP contribution in [-0.2, 0) is 11.3 Å². The lowest BCUT2D eigenvalue weighted by Gasteiger charge is -2.11. The molecule has 0 bridgehead atoms. The van der Waals surface area contributed by atoms with Crippen molar-refractivity contribution in [1.29, 1.82) is 0 Å². The van der Waals surface area contributed by atoms with Crippen molar-refractivity contribution < 1.29 is 32.6 Å². The zero-order chi connectivity index (χ0) is 24.0. The van der Waals surface area contributed by atoms with Crippen molar-refractivity contribution in [3.8, 4) is 11.5 Å². The van der Waals surface area contributed by atoms with Crippen LogP contribution in [0.3, 0.4) is 0 Å². The zero-order valence-electron chi connectivity index (χ0n) is 17.3. The number of rotatable bonds is 9. The maximum absolute atomic E-state index is 12.2. The number of carbonyl (C=O) groups excluding carboxylic acids is 2. The van der Waals surface area contributed by atoms with E-state index in [1.165, 1.54) is 24.3 Å². The van der Waals surface area contributed by atoms with Crippen molar-refractivity contribution in [2.45, 2.75) is 20.1 Å². The Labute approximate surface area is 205 Å². The molecule has 0 aliphatic heterocycles. The number of ether oxygens (including phenoxy) is 3. The van der Waals surface area contributed by atoms with Crippen LogP contribution in [0.5, 0.6) is 11.5 Å². The molecular formula is C24H18Br2F2O5. The minimum absolute atomic E-state index is 0.0651. The van der Waals surface area contributed by atoms with Gasteiger partial charge in [-0.1, -0.05) is 12.1 Å². The summed E-state index contributed by atoms with van der Waals surface area (Å²) in [5, 5.41) is 0. The van der Waals surface area contributed by atoms with Crippen LogP contribution in [0.1, 0.15) is 31.8 Å². The molecule has 0 saturated heterocycles. The van der Waals surface area contributed by atoms with Crippen LogP contribution < -0.4 is 9.47 Å². The van der Waals surface area contributed by atoms with E-state index in [9.17, 15) is 18.4 Å². The highest BCUT2D eigenvalue weighted by atomic mass is 79.9. The summed E-state index contributed by atoms with van der Waals surface area (Å²) in [6, 6.07) is 15.7. The predicted octanol–water partition coefficient (Wildman–Crippen LogP) is 6.74. The van der Waals surface area contributed by atoms with Gasteiger partial charge in [0, 0.05) is 5.56 Å². The number of aryl methyl sites for hydroxylation is 1. The van der Waals surface area contributed by atoms with Gasteiger partial charge in [0.2, 0.25) is 0 Å². The van der Waals surface area contributed by atoms with E-state index in [1.54, 1.807) is 24.3 Å². The van der Waals surface area contributed by atoms with E-state index in [0.717, 1.165) is 20.1 Å². The monoisotopic (exact) mass is 582 g/mol. The van der Waals surface area contributed by atoms with Gasteiger partial charge >= 0.3 is 12.6 Å². The second-order valence-corrected chi connectivity index (χ2v) is 8.65. The lowest BCUT2D eigenvalue weighted by molar-refractivity contribution is -0.0498. The minimum Gasteiger partial charge on any atom is -0.487 e. The highest BCUT2D eigenvalue weighted by Gasteiger charge is 2.13. The first-order chi connectivity index (χ1) is 15.7. The van der Waals surface area contributed by atoms with Gasteiger partial charge in [-0.15, -0.1) is 0 Å². The van der Waals surface area contributed by atoms with Crippen molar-refractivity contribution >= 4 is 43.6 Å². The van der Waals surface area contributed by atoms with Crippen LogP contribution in [-0.4, -0.2) is 25.0 Å². The van der Waals surface area contributed by atoms with Crippen LogP contribution in [0.15, 0.2) is 69.6 Å². The Hall–Kier alpha value is -2.78. The van der Waals surface area contributed by atoms with E-state index in [1.807, 2.05) is 19.1 Å². The number of alkyl halides is 2. The Morgan fingerprint density at radius 1 is 0.909 bits per heavy atom. The zero-order valence-corrected chi connectivity index (χ0v) is 20.5. The van der Waals surface area contributed by atoms with E-state index in [0.29, 0.717) is 12.4 Å². The van der Waals surface area contributed by atoms with Crippen molar-refractivity contribution in [2.24, 2.45) is 0 Å². The number of halogens is 4. The van der Waals surface area contributed by atoms with E-state index in [-0.39, 0.29) is 16.9 Å². The number of ketones is 1. The van der Waals surface area contributed by atoms with Crippen LogP contribution in [0.25, 0.3) is 0 Å². The van der Waals surface area contributed by atoms with Gasteiger partial charge in [-0.3, -0.25) is 4.79 Å². The Morgan fingerprint density at radius 2 is 1.48 bits per heavy atom. The Kier molecular flexibility index (Phi) is 8.57. The molecule has 0 aliphatic carbocycles. The average Bonchev–Trinajstić information content (AvgIpc) is 2.77. The lowest BCUT2D eigenvalue weighted by Crippen LogP contribution is -2.14. The van der Waals surface area contributed by atoms with Crippen LogP contribution in [0, 0.1) is 6.92 Å². The molecule has 0 heterocycles. The van der Waals surface area contributed by atoms with Gasteiger partial charge in [0.15, 0.2) is 12.4 Å². The fraction of sp³-hybridized carbons (Fsp3) is 0.167. The van der Waals surface area contributed by atoms with Gasteiger partial charge in [-0.05, 0) is 98.4 Å². The van der Waals surface area contributed by atoms with Gasteiger partial charge in [-0.2, -0.15) is 8.78 Å². The van der Waals surface area contributed by atoms with Crippen LogP contribution in [0.2, 0.25) is 0 Å². The van der Waals surface area contributed by atoms with Crippen molar-refractivity contribution in [3.05, 3.63) is 91.9 Å². The second kappa shape index (κ2) is 11.4. The molecule has 3 aromatic rings. The molecule has 0 fully saturated rings. The predicted molar refractivity (Wildman–Crippen MR) is 125 cm³/mol. The summed E-state index contributed by atoms with van der Waals surface area (Å²) >= 11 is 6.96. The van der Waals surface area contributed by atoms with Gasteiger partial charge in [0.1, 0.15) is 18.1 Å². The van der Waals surface area contributed by atoms with Crippen molar-refractivity contribution in [1.82, 2.24) is 0 Å². The summed E-state index contributed by atoms with van der Waals surface area (Å²) in [6.07, 6.45) is 0. The molecule has 172 valence electrons. The standard InChI is InChI=1S/C24H18Br2F2O5/c1-14-10-19(25)22(20(26)11-14)31-12-15-2-4-17(5-3-15)23(30)32-13-21(29)16-6-8-18(9-7-16)33-24(27)28/h2-11,24H,12-13H2,1H3. The normalized spacial score (nSPS) is 10.7. The molecule has 0 aliphatic rings. The quantitative estimate of drug-likeness (QED) is 0.206. The third kappa shape index (κ3) is 7.10. The number of esters is 1. The first kappa shape index (κ1) is 24.9. The molecule has 0 amide bonds. The fourth-order valence-corrected chi connectivity index (χ4v) is 4.48. The van der Waals surface area contributed by atoms with E-state index in [4.69, 9.17) is 9.47 Å². The van der Waals surface area contributed by atoms with Crippen molar-refractivity contribution in [2.75, 3.05) is 6.61 Å². The molecule has 0 unspecified atom stereocenters. The number of hydrogen-bond acceptors (Lipinski definition) is 5. The molecule has 0 aromatic heterocycles. The molecule has 3 aromatic carbocycles. The maximum Gasteiger partial charge on any atom is 0.387 e. The van der Waals surface area contributed by atoms with Crippen LogP contribution >= 0.6 is 31.9 Å². The molecule has 0 N–H and O–H groups in total. The molecule has 0 spiro atoms. The summed E-state index contributed by atoms with van der Waals surface area (Å²) in [7, 11) is 0. The average molecular weight is 584 g/mol. The minimum atomic E-state index is -2.95. The van der Waals surface area contributed by atoms with Crippen molar-refractivity contribution in [3.63, 3.8) is 0 Å². The van der Waals surface area contributed by atoms with Gasteiger partial charge in [-0.25, -0.2) is 4.79 Å². The first-order valence-corrected chi connectivity index (χ1v) is 11.2. The molecule has 0 radical (unpaired) electrons. The number of Topliss-reactive ketones (excluding diaryl/α,β-unsaturated/α-hetero) is 1. The Bertz CT molecular complexity index is 1110. The largest absolute Gasteiger partial charge is 0.487 e. The lowest BCUT2D eigenvalue weighted by atomic mass is 10.1. The van der Waals surface area contributed by atoms with E-state index < -0.39 is 25.0 Å². The van der Waals surface area contributed by atoms with Gasteiger partial charge in [0.25, 0.3) is 0 Å². The van der Waals surface area contributed by atoms with Gasteiger partial charge in [0.05, 0.1) is 14.5 Å². The summed E-state index contributed by atoms with van der Waals surface area (Å²) in [5.41, 5.74) is 2.42. The fourth-order valence-electron chi connectivity index (χ4n) is 2.84. The summed E-state index contributed by atoms with van der Waals surface area (Å²) in [6.45, 7) is -1.16. The molecule has 3 rings (SSSR count). The molecule has 0 atom stereocenters. The number of hydrogen-bond donors (Lipinski definition) is 0. The summed E-state index contributed by atoms with van der Waals surface area (Å²) in [5.74, 6) is -0.509.